The Morgan fingerprint density at radius 3 is 2.55 bits per heavy atom. The predicted molar refractivity (Wildman–Crippen MR) is 75.1 cm³/mol. The minimum atomic E-state index is -3.90. The summed E-state index contributed by atoms with van der Waals surface area (Å²) in [5.41, 5.74) is 0.631. The lowest BCUT2D eigenvalue weighted by Gasteiger charge is -2.17. The van der Waals surface area contributed by atoms with Crippen molar-refractivity contribution in [2.24, 2.45) is 11.1 Å². The van der Waals surface area contributed by atoms with Crippen molar-refractivity contribution in [2.45, 2.75) is 17.7 Å². The van der Waals surface area contributed by atoms with Crippen LogP contribution in [0, 0.1) is 5.92 Å². The number of benzene rings is 1. The van der Waals surface area contributed by atoms with E-state index < -0.39 is 16.0 Å². The number of hydrogen-bond acceptors (Lipinski definition) is 5. The lowest BCUT2D eigenvalue weighted by Crippen LogP contribution is -2.20. The number of anilines is 1. The molecule has 0 bridgehead atoms. The molecule has 110 valence electrons. The molecule has 20 heavy (non-hydrogen) atoms. The molecule has 0 aromatic heterocycles. The molecule has 6 nitrogen and oxygen atoms in total. The van der Waals surface area contributed by atoms with E-state index in [-0.39, 0.29) is 10.5 Å². The van der Waals surface area contributed by atoms with Crippen LogP contribution in [0.5, 0.6) is 0 Å². The fourth-order valence-electron chi connectivity index (χ4n) is 1.80. The second-order valence-electron chi connectivity index (χ2n) is 5.16. The molecule has 1 saturated carbocycles. The van der Waals surface area contributed by atoms with Gasteiger partial charge in [0.15, 0.2) is 0 Å². The van der Waals surface area contributed by atoms with Crippen LogP contribution in [0.25, 0.3) is 0 Å². The van der Waals surface area contributed by atoms with Gasteiger partial charge >= 0.3 is 5.97 Å². The van der Waals surface area contributed by atoms with Crippen molar-refractivity contribution in [3.05, 3.63) is 23.8 Å². The number of nitrogens with two attached hydrogens (primary N) is 1. The first-order chi connectivity index (χ1) is 9.29. The monoisotopic (exact) mass is 298 g/mol. The summed E-state index contributed by atoms with van der Waals surface area (Å²) in [6.07, 6.45) is 2.16. The summed E-state index contributed by atoms with van der Waals surface area (Å²) in [6.45, 7) is 0.388. The molecular weight excluding hydrogens is 280 g/mol. The molecule has 2 rings (SSSR count). The molecule has 1 aromatic carbocycles. The van der Waals surface area contributed by atoms with E-state index in [2.05, 4.69) is 0 Å². The van der Waals surface area contributed by atoms with Gasteiger partial charge in [-0.05, 0) is 37.0 Å². The summed E-state index contributed by atoms with van der Waals surface area (Å²) in [5, 5.41) is 5.19. The van der Waals surface area contributed by atoms with E-state index in [0.29, 0.717) is 18.2 Å². The SMILES string of the molecule is CN(C)c1ccc(C(=O)OCC2CC2)cc1S(N)(=O)=O. The van der Waals surface area contributed by atoms with Crippen molar-refractivity contribution in [1.29, 1.82) is 0 Å². The number of sulfonamides is 1. The van der Waals surface area contributed by atoms with Gasteiger partial charge in [0.1, 0.15) is 4.90 Å². The van der Waals surface area contributed by atoms with E-state index in [4.69, 9.17) is 9.88 Å². The first-order valence-electron chi connectivity index (χ1n) is 6.30. The lowest BCUT2D eigenvalue weighted by molar-refractivity contribution is 0.0486. The maximum absolute atomic E-state index is 11.9. The molecule has 1 fully saturated rings. The first-order valence-corrected chi connectivity index (χ1v) is 7.85. The van der Waals surface area contributed by atoms with Crippen LogP contribution in [0.15, 0.2) is 23.1 Å². The van der Waals surface area contributed by atoms with Crippen LogP contribution in [0.2, 0.25) is 0 Å². The van der Waals surface area contributed by atoms with Gasteiger partial charge in [0, 0.05) is 14.1 Å². The summed E-state index contributed by atoms with van der Waals surface area (Å²) in [4.78, 5) is 13.4. The molecule has 0 spiro atoms. The number of esters is 1. The van der Waals surface area contributed by atoms with Gasteiger partial charge < -0.3 is 9.64 Å². The summed E-state index contributed by atoms with van der Waals surface area (Å²) in [6, 6.07) is 4.35. The number of carbonyl (C=O) groups is 1. The Hall–Kier alpha value is -1.60. The standard InChI is InChI=1S/C13H18N2O4S/c1-15(2)11-6-5-10(7-12(11)20(14,17)18)13(16)19-8-9-3-4-9/h5-7,9H,3-4,8H2,1-2H3,(H2,14,17,18). The second-order valence-corrected chi connectivity index (χ2v) is 6.69. The summed E-state index contributed by atoms with van der Waals surface area (Å²) < 4.78 is 28.3. The van der Waals surface area contributed by atoms with Crippen LogP contribution in [0.3, 0.4) is 0 Å². The topological polar surface area (TPSA) is 89.7 Å². The van der Waals surface area contributed by atoms with Gasteiger partial charge in [-0.3, -0.25) is 0 Å². The third-order valence-corrected chi connectivity index (χ3v) is 4.07. The minimum absolute atomic E-state index is 0.0802. The van der Waals surface area contributed by atoms with Crippen LogP contribution in [-0.4, -0.2) is 35.1 Å². The number of carbonyl (C=O) groups excluding carboxylic acids is 1. The fraction of sp³-hybridized carbons (Fsp3) is 0.462. The van der Waals surface area contributed by atoms with Crippen molar-refractivity contribution in [3.8, 4) is 0 Å². The Morgan fingerprint density at radius 1 is 1.40 bits per heavy atom. The normalized spacial score (nSPS) is 14.9. The Bertz CT molecular complexity index is 621. The van der Waals surface area contributed by atoms with Crippen molar-refractivity contribution < 1.29 is 17.9 Å². The molecule has 0 radical (unpaired) electrons. The van der Waals surface area contributed by atoms with E-state index in [9.17, 15) is 13.2 Å². The third-order valence-electron chi connectivity index (χ3n) is 3.13. The minimum Gasteiger partial charge on any atom is -0.462 e. The zero-order valence-electron chi connectivity index (χ0n) is 11.5. The van der Waals surface area contributed by atoms with Crippen LogP contribution in [0.4, 0.5) is 5.69 Å². The van der Waals surface area contributed by atoms with Crippen molar-refractivity contribution in [1.82, 2.24) is 0 Å². The molecule has 0 atom stereocenters. The van der Waals surface area contributed by atoms with E-state index in [1.807, 2.05) is 0 Å². The quantitative estimate of drug-likeness (QED) is 0.818. The van der Waals surface area contributed by atoms with E-state index in [1.165, 1.54) is 6.07 Å². The van der Waals surface area contributed by atoms with E-state index in [1.54, 1.807) is 31.1 Å². The van der Waals surface area contributed by atoms with E-state index >= 15 is 0 Å². The van der Waals surface area contributed by atoms with Gasteiger partial charge in [0.2, 0.25) is 10.0 Å². The Labute approximate surface area is 118 Å². The van der Waals surface area contributed by atoms with Crippen molar-refractivity contribution >= 4 is 21.7 Å². The Kier molecular flexibility index (Phi) is 4.01. The van der Waals surface area contributed by atoms with E-state index in [0.717, 1.165) is 12.8 Å². The zero-order valence-corrected chi connectivity index (χ0v) is 12.3. The largest absolute Gasteiger partial charge is 0.462 e. The molecule has 0 unspecified atom stereocenters. The zero-order chi connectivity index (χ0) is 14.9. The molecule has 0 saturated heterocycles. The van der Waals surface area contributed by atoms with Gasteiger partial charge in [0.05, 0.1) is 17.9 Å². The number of ether oxygens (including phenoxy) is 1. The molecular formula is C13H18N2O4S. The molecule has 1 aromatic rings. The maximum atomic E-state index is 11.9. The number of primary sulfonamides is 1. The van der Waals surface area contributed by atoms with Gasteiger partial charge in [0.25, 0.3) is 0 Å². The highest BCUT2D eigenvalue weighted by Crippen LogP contribution is 2.29. The van der Waals surface area contributed by atoms with Crippen molar-refractivity contribution in [2.75, 3.05) is 25.6 Å². The highest BCUT2D eigenvalue weighted by molar-refractivity contribution is 7.89. The maximum Gasteiger partial charge on any atom is 0.338 e. The van der Waals surface area contributed by atoms with Crippen LogP contribution in [0.1, 0.15) is 23.2 Å². The first kappa shape index (κ1) is 14.8. The second kappa shape index (κ2) is 5.41. The molecule has 2 N–H and O–H groups in total. The van der Waals surface area contributed by atoms with Crippen LogP contribution < -0.4 is 10.0 Å². The number of hydrogen-bond donors (Lipinski definition) is 1. The molecule has 0 amide bonds. The summed E-state index contributed by atoms with van der Waals surface area (Å²) in [7, 11) is -0.496. The molecule has 7 heteroatoms. The lowest BCUT2D eigenvalue weighted by atomic mass is 10.2. The summed E-state index contributed by atoms with van der Waals surface area (Å²) >= 11 is 0. The van der Waals surface area contributed by atoms with Crippen LogP contribution >= 0.6 is 0 Å². The van der Waals surface area contributed by atoms with Crippen LogP contribution in [-0.2, 0) is 14.8 Å². The number of rotatable bonds is 5. The number of nitrogens with zero attached hydrogens (tertiary/aromatic N) is 1. The summed E-state index contributed by atoms with van der Waals surface area (Å²) in [5.74, 6) is -0.0650. The predicted octanol–water partition coefficient (Wildman–Crippen LogP) is 0.967. The fourth-order valence-corrected chi connectivity index (χ4v) is 2.63. The van der Waals surface area contributed by atoms with Gasteiger partial charge in [-0.25, -0.2) is 18.4 Å². The highest BCUT2D eigenvalue weighted by atomic mass is 32.2. The molecule has 1 aliphatic rings. The average Bonchev–Trinajstić information content (AvgIpc) is 3.18. The average molecular weight is 298 g/mol. The smallest absolute Gasteiger partial charge is 0.338 e. The van der Waals surface area contributed by atoms with Gasteiger partial charge in [-0.1, -0.05) is 0 Å². The Morgan fingerprint density at radius 2 is 2.05 bits per heavy atom. The van der Waals surface area contributed by atoms with Crippen molar-refractivity contribution in [3.63, 3.8) is 0 Å². The molecule has 0 aliphatic heterocycles. The Balaban J connectivity index is 2.28. The highest BCUT2D eigenvalue weighted by Gasteiger charge is 2.24. The molecule has 1 aliphatic carbocycles. The third kappa shape index (κ3) is 3.49. The van der Waals surface area contributed by atoms with Gasteiger partial charge in [-0.2, -0.15) is 0 Å². The van der Waals surface area contributed by atoms with Gasteiger partial charge in [-0.15, -0.1) is 0 Å². The molecule has 0 heterocycles.